The molecule has 0 N–H and O–H groups in total. The number of fused-ring (bicyclic) bond motifs is 1. The predicted octanol–water partition coefficient (Wildman–Crippen LogP) is 3.19. The van der Waals surface area contributed by atoms with Crippen molar-refractivity contribution in [2.24, 2.45) is 0 Å². The summed E-state index contributed by atoms with van der Waals surface area (Å²) in [5.41, 5.74) is 1.48. The number of sulfone groups is 1. The van der Waals surface area contributed by atoms with Crippen LogP contribution in [0.5, 0.6) is 0 Å². The van der Waals surface area contributed by atoms with Crippen LogP contribution in [0.15, 0.2) is 18.2 Å². The Morgan fingerprint density at radius 2 is 1.64 bits per heavy atom. The van der Waals surface area contributed by atoms with Crippen molar-refractivity contribution < 1.29 is 22.8 Å². The quantitative estimate of drug-likeness (QED) is 0.463. The van der Waals surface area contributed by atoms with E-state index >= 15 is 0 Å². The van der Waals surface area contributed by atoms with Crippen LogP contribution in [-0.2, 0) is 21.1 Å². The zero-order valence-electron chi connectivity index (χ0n) is 17.1. The van der Waals surface area contributed by atoms with Gasteiger partial charge in [-0.2, -0.15) is 0 Å². The van der Waals surface area contributed by atoms with Crippen LogP contribution in [0.1, 0.15) is 79.7 Å². The number of Topliss-reactive ketones (excluding diaryl/α,β-unsaturated/α-hetero) is 1. The van der Waals surface area contributed by atoms with Gasteiger partial charge in [-0.25, -0.2) is 8.42 Å². The molecular weight excluding hydrogens is 378 g/mol. The molecule has 0 fully saturated rings. The van der Waals surface area contributed by atoms with Crippen molar-refractivity contribution in [2.45, 2.75) is 64.5 Å². The van der Waals surface area contributed by atoms with E-state index in [-0.39, 0.29) is 29.8 Å². The van der Waals surface area contributed by atoms with E-state index in [9.17, 15) is 22.8 Å². The summed E-state index contributed by atoms with van der Waals surface area (Å²) in [6.07, 6.45) is 2.46. The van der Waals surface area contributed by atoms with Crippen molar-refractivity contribution in [1.29, 1.82) is 0 Å². The van der Waals surface area contributed by atoms with E-state index in [1.54, 1.807) is 45.9 Å². The van der Waals surface area contributed by atoms with E-state index in [1.165, 1.54) is 4.90 Å². The lowest BCUT2D eigenvalue weighted by atomic mass is 10.00. The van der Waals surface area contributed by atoms with Gasteiger partial charge in [0.2, 0.25) is 0 Å². The number of hydrogen-bond donors (Lipinski definition) is 0. The van der Waals surface area contributed by atoms with Gasteiger partial charge >= 0.3 is 0 Å². The first kappa shape index (κ1) is 22.3. The van der Waals surface area contributed by atoms with Crippen molar-refractivity contribution in [3.63, 3.8) is 0 Å². The molecule has 0 atom stereocenters. The summed E-state index contributed by atoms with van der Waals surface area (Å²) in [5, 5.41) is 0. The number of benzene rings is 1. The molecule has 2 amide bonds. The third kappa shape index (κ3) is 4.87. The highest BCUT2D eigenvalue weighted by Gasteiger charge is 2.34. The molecule has 1 aliphatic heterocycles. The van der Waals surface area contributed by atoms with Crippen molar-refractivity contribution in [2.75, 3.05) is 12.3 Å². The Bertz CT molecular complexity index is 881. The molecule has 0 bridgehead atoms. The largest absolute Gasteiger partial charge is 0.299 e. The van der Waals surface area contributed by atoms with Crippen LogP contribution < -0.4 is 0 Å². The van der Waals surface area contributed by atoms with Crippen molar-refractivity contribution in [3.05, 3.63) is 34.9 Å². The van der Waals surface area contributed by atoms with Crippen molar-refractivity contribution in [1.82, 2.24) is 4.90 Å². The molecule has 0 saturated carbocycles. The molecule has 7 heteroatoms. The summed E-state index contributed by atoms with van der Waals surface area (Å²) in [6.45, 7) is 7.16. The van der Waals surface area contributed by atoms with Crippen molar-refractivity contribution in [3.8, 4) is 0 Å². The summed E-state index contributed by atoms with van der Waals surface area (Å²) in [4.78, 5) is 37.8. The second-order valence-electron chi connectivity index (χ2n) is 8.19. The van der Waals surface area contributed by atoms with Gasteiger partial charge in [-0.05, 0) is 58.2 Å². The van der Waals surface area contributed by atoms with Crippen LogP contribution in [0.2, 0.25) is 0 Å². The molecule has 0 aliphatic carbocycles. The Morgan fingerprint density at radius 1 is 1.00 bits per heavy atom. The Hall–Kier alpha value is -2.02. The lowest BCUT2D eigenvalue weighted by Crippen LogP contribution is -2.30. The molecule has 1 aromatic carbocycles. The number of carbonyl (C=O) groups is 3. The number of ketones is 1. The van der Waals surface area contributed by atoms with Gasteiger partial charge in [0.05, 0.1) is 21.6 Å². The van der Waals surface area contributed by atoms with Crippen LogP contribution >= 0.6 is 0 Å². The van der Waals surface area contributed by atoms with E-state index in [0.29, 0.717) is 43.4 Å². The van der Waals surface area contributed by atoms with Gasteiger partial charge in [0.25, 0.3) is 11.8 Å². The first-order chi connectivity index (χ1) is 13.0. The Morgan fingerprint density at radius 3 is 2.25 bits per heavy atom. The molecule has 1 aliphatic rings. The lowest BCUT2D eigenvalue weighted by molar-refractivity contribution is -0.118. The lowest BCUT2D eigenvalue weighted by Gasteiger charge is -2.18. The maximum absolute atomic E-state index is 12.2. The van der Waals surface area contributed by atoms with Crippen LogP contribution in [0, 0.1) is 0 Å². The molecule has 6 nitrogen and oxygen atoms in total. The predicted molar refractivity (Wildman–Crippen MR) is 108 cm³/mol. The second kappa shape index (κ2) is 8.55. The maximum Gasteiger partial charge on any atom is 0.261 e. The zero-order chi connectivity index (χ0) is 21.1. The number of nitrogens with zero attached hydrogens (tertiary/aromatic N) is 1. The second-order valence-corrected chi connectivity index (χ2v) is 11.1. The average molecular weight is 408 g/mol. The van der Waals surface area contributed by atoms with Gasteiger partial charge in [-0.1, -0.05) is 12.5 Å². The molecule has 28 heavy (non-hydrogen) atoms. The third-order valence-corrected chi connectivity index (χ3v) is 7.75. The molecule has 0 radical (unpaired) electrons. The topological polar surface area (TPSA) is 88.6 Å². The minimum atomic E-state index is -3.12. The number of hydrogen-bond acceptors (Lipinski definition) is 5. The average Bonchev–Trinajstić information content (AvgIpc) is 2.83. The maximum atomic E-state index is 12.2. The summed E-state index contributed by atoms with van der Waals surface area (Å²) < 4.78 is 23.4. The molecule has 0 spiro atoms. The van der Waals surface area contributed by atoms with E-state index < -0.39 is 14.6 Å². The van der Waals surface area contributed by atoms with E-state index in [2.05, 4.69) is 0 Å². The molecule has 154 valence electrons. The standard InChI is InChI=1S/C21H29NO5S/c1-5-22-19(24)17-11-10-15(14-18(17)20(22)25)13-16(23)9-7-6-8-12-28(26,27)21(2,3)4/h10-11,14H,5-9,12-13H2,1-4H3. The fraction of sp³-hybridized carbons (Fsp3) is 0.571. The van der Waals surface area contributed by atoms with Crippen molar-refractivity contribution >= 4 is 27.4 Å². The highest BCUT2D eigenvalue weighted by atomic mass is 32.2. The van der Waals surface area contributed by atoms with Gasteiger partial charge in [0.15, 0.2) is 9.84 Å². The van der Waals surface area contributed by atoms with Gasteiger partial charge in [-0.3, -0.25) is 19.3 Å². The first-order valence-corrected chi connectivity index (χ1v) is 11.4. The molecular formula is C21H29NO5S. The van der Waals surface area contributed by atoms with Gasteiger partial charge in [0, 0.05) is 19.4 Å². The van der Waals surface area contributed by atoms with Gasteiger partial charge in [-0.15, -0.1) is 0 Å². The van der Waals surface area contributed by atoms with Crippen LogP contribution in [0.3, 0.4) is 0 Å². The first-order valence-electron chi connectivity index (χ1n) is 9.71. The monoisotopic (exact) mass is 407 g/mol. The highest BCUT2D eigenvalue weighted by molar-refractivity contribution is 7.92. The fourth-order valence-corrected chi connectivity index (χ4v) is 4.34. The smallest absolute Gasteiger partial charge is 0.261 e. The summed E-state index contributed by atoms with van der Waals surface area (Å²) in [7, 11) is -3.12. The summed E-state index contributed by atoms with van der Waals surface area (Å²) >= 11 is 0. The molecule has 0 aromatic heterocycles. The summed E-state index contributed by atoms with van der Waals surface area (Å²) in [5.74, 6) is -0.412. The minimum Gasteiger partial charge on any atom is -0.299 e. The Balaban J connectivity index is 1.83. The van der Waals surface area contributed by atoms with Gasteiger partial charge < -0.3 is 0 Å². The van der Waals surface area contributed by atoms with E-state index in [1.807, 2.05) is 0 Å². The SMILES string of the molecule is CCN1C(=O)c2ccc(CC(=O)CCCCCS(=O)(=O)C(C)(C)C)cc2C1=O. The molecule has 0 unspecified atom stereocenters. The van der Waals surface area contributed by atoms with Crippen LogP contribution in [-0.4, -0.2) is 48.0 Å². The summed E-state index contributed by atoms with van der Waals surface area (Å²) in [6, 6.07) is 4.97. The van der Waals surface area contributed by atoms with E-state index in [0.717, 1.165) is 5.56 Å². The third-order valence-electron chi connectivity index (χ3n) is 5.05. The minimum absolute atomic E-state index is 0.0442. The number of imide groups is 1. The highest BCUT2D eigenvalue weighted by Crippen LogP contribution is 2.24. The number of unbranched alkanes of at least 4 members (excludes halogenated alkanes) is 2. The zero-order valence-corrected chi connectivity index (χ0v) is 17.9. The fourth-order valence-electron chi connectivity index (χ4n) is 3.15. The Labute approximate surface area is 167 Å². The number of rotatable bonds is 9. The normalized spacial score (nSPS) is 14.5. The molecule has 1 aromatic rings. The van der Waals surface area contributed by atoms with Crippen LogP contribution in [0.25, 0.3) is 0 Å². The molecule has 1 heterocycles. The molecule has 2 rings (SSSR count). The number of carbonyl (C=O) groups excluding carboxylic acids is 3. The van der Waals surface area contributed by atoms with E-state index in [4.69, 9.17) is 0 Å². The molecule has 0 saturated heterocycles. The van der Waals surface area contributed by atoms with Gasteiger partial charge in [0.1, 0.15) is 5.78 Å². The Kier molecular flexibility index (Phi) is 6.80. The van der Waals surface area contributed by atoms with Crippen LogP contribution in [0.4, 0.5) is 0 Å². The number of amides is 2.